The summed E-state index contributed by atoms with van der Waals surface area (Å²) in [6, 6.07) is 0. The third kappa shape index (κ3) is 1910. The van der Waals surface area contributed by atoms with E-state index >= 15 is 0 Å². The Morgan fingerprint density at radius 1 is 0.529 bits per heavy atom. The molecular weight excluding hydrogens is 489 g/mol. The van der Waals surface area contributed by atoms with Crippen LogP contribution in [-0.2, 0) is 21.1 Å². The van der Waals surface area contributed by atoms with Gasteiger partial charge in [-0.3, -0.25) is 0 Å². The summed E-state index contributed by atoms with van der Waals surface area (Å²) in [5, 5.41) is 36.0. The minimum Gasteiger partial charge on any atom is -0.444 e. The molecule has 17 heteroatoms. The molecule has 0 aromatic heterocycles. The molecule has 0 atom stereocenters. The Morgan fingerprint density at radius 2 is 0.529 bits per heavy atom. The van der Waals surface area contributed by atoms with Crippen LogP contribution in [0.3, 0.4) is 0 Å². The van der Waals surface area contributed by atoms with Gasteiger partial charge in [-0.15, -0.1) is 21.4 Å². The Morgan fingerprint density at radius 3 is 0.529 bits per heavy atom. The summed E-state index contributed by atoms with van der Waals surface area (Å²) in [5.41, 5.74) is 0. The fraction of sp³-hybridized carbons (Fsp3) is 0. The van der Waals surface area contributed by atoms with Gasteiger partial charge in [0.25, 0.3) is 0 Å². The van der Waals surface area contributed by atoms with Crippen LogP contribution in [0.4, 0.5) is 0 Å². The second kappa shape index (κ2) is 158. The molecule has 0 radical (unpaired) electrons. The Labute approximate surface area is 192 Å². The maximum atomic E-state index is 8.00. The van der Waals surface area contributed by atoms with E-state index in [1.54, 1.807) is 0 Å². The number of hydrogen-bond acceptors (Lipinski definition) is 12. The van der Waals surface area contributed by atoms with Gasteiger partial charge in [0.15, 0.2) is 0 Å². The van der Waals surface area contributed by atoms with E-state index in [1.165, 1.54) is 0 Å². The van der Waals surface area contributed by atoms with Crippen molar-refractivity contribution in [3.63, 3.8) is 0 Å². The van der Waals surface area contributed by atoms with Crippen LogP contribution >= 0.6 is 0 Å². The van der Waals surface area contributed by atoms with Gasteiger partial charge in [-0.05, 0) is 0 Å². The second-order valence-corrected chi connectivity index (χ2v) is 0.298. The summed E-state index contributed by atoms with van der Waals surface area (Å²) in [7, 11) is 0. The van der Waals surface area contributed by atoms with Crippen molar-refractivity contribution in [3.8, 4) is 0 Å². The van der Waals surface area contributed by atoms with Crippen molar-refractivity contribution in [2.24, 2.45) is 21.4 Å². The van der Waals surface area contributed by atoms with Crippen molar-refractivity contribution < 1.29 is 135 Å². The minimum atomic E-state index is 0. The molecule has 0 saturated carbocycles. The van der Waals surface area contributed by atoms with Crippen molar-refractivity contribution in [2.75, 3.05) is 0 Å². The van der Waals surface area contributed by atoms with E-state index in [0.717, 1.165) is 21.4 Å². The summed E-state index contributed by atoms with van der Waals surface area (Å²) >= 11 is 0. The average Bonchev–Trinajstić information content (AvgIpc) is 1.92. The molecule has 0 aliphatic rings. The normalized spacial score (nSPS) is 2.82. The van der Waals surface area contributed by atoms with Gasteiger partial charge in [0.05, 0.1) is 0 Å². The van der Waals surface area contributed by atoms with Gasteiger partial charge < -0.3 is 51.4 Å². The van der Waals surface area contributed by atoms with Crippen molar-refractivity contribution >= 4 is 0 Å². The zero-order valence-electron chi connectivity index (χ0n) is 8.37. The SMILES string of the molecule is O.O.O=N[O-].O=N[O-].O=N[O-].O=N[O-].[K+].[K+].[Pt]. The molecule has 0 aromatic rings. The van der Waals surface area contributed by atoms with Crippen molar-refractivity contribution in [1.29, 1.82) is 0 Å². The van der Waals surface area contributed by atoms with Crippen LogP contribution in [0, 0.1) is 40.5 Å². The van der Waals surface area contributed by atoms with Crippen LogP contribution < -0.4 is 103 Å². The van der Waals surface area contributed by atoms with Crippen LogP contribution in [0.5, 0.6) is 0 Å². The zero-order valence-corrected chi connectivity index (χ0v) is 16.9. The van der Waals surface area contributed by atoms with E-state index in [1.807, 2.05) is 0 Å². The van der Waals surface area contributed by atoms with E-state index in [0.29, 0.717) is 0 Å². The monoisotopic (exact) mass is 493 g/mol. The summed E-state index contributed by atoms with van der Waals surface area (Å²) in [6.07, 6.45) is 0. The predicted molar refractivity (Wildman–Crippen MR) is 43.9 cm³/mol. The molecule has 0 rings (SSSR count). The number of hydrogen-bond donors (Lipinski definition) is 0. The van der Waals surface area contributed by atoms with Gasteiger partial charge in [0.1, 0.15) is 0 Å². The Balaban J connectivity index is -0.00000000653. The van der Waals surface area contributed by atoms with Crippen LogP contribution in [0.25, 0.3) is 0 Å². The number of nitrogens with zero attached hydrogens (tertiary/aromatic N) is 4. The predicted octanol–water partition coefficient (Wildman–Crippen LogP) is -6.64. The molecule has 0 heterocycles. The molecule has 4 N–H and O–H groups in total. The molecule has 0 bridgehead atoms. The molecule has 0 unspecified atom stereocenters. The third-order valence-electron chi connectivity index (χ3n) is 0. The molecular formula is H4K2N4O10Pt-2. The van der Waals surface area contributed by atoms with E-state index < -0.39 is 0 Å². The molecule has 0 aromatic carbocycles. The first-order valence-electron chi connectivity index (χ1n) is 1.46. The van der Waals surface area contributed by atoms with E-state index in [-0.39, 0.29) is 135 Å². The zero-order chi connectivity index (χ0) is 10.8. The van der Waals surface area contributed by atoms with E-state index in [9.17, 15) is 0 Å². The Hall–Kier alpha value is 1.48. The molecule has 0 aliphatic carbocycles. The van der Waals surface area contributed by atoms with Crippen LogP contribution in [-0.4, -0.2) is 11.0 Å². The maximum Gasteiger partial charge on any atom is 1.00 e. The average molecular weight is 493 g/mol. The van der Waals surface area contributed by atoms with Crippen molar-refractivity contribution in [1.82, 2.24) is 0 Å². The summed E-state index contributed by atoms with van der Waals surface area (Å²) in [5.74, 6) is 0. The van der Waals surface area contributed by atoms with Gasteiger partial charge in [-0.2, -0.15) is 0 Å². The summed E-state index contributed by atoms with van der Waals surface area (Å²) in [4.78, 5) is 32.0. The molecule has 98 valence electrons. The fourth-order valence-corrected chi connectivity index (χ4v) is 0. The second-order valence-electron chi connectivity index (χ2n) is 0.298. The Bertz CT molecular complexity index is 80.3. The van der Waals surface area contributed by atoms with E-state index in [4.69, 9.17) is 40.5 Å². The standard InChI is InChI=1S/2K.4HNO2.2H2O.Pt/c;;4*2-1-3;;;/h;;4*(H,2,3);2*1H2;/q2*+1;;;;;;;/p-4. The fourth-order valence-electron chi connectivity index (χ4n) is 0. The molecule has 14 nitrogen and oxygen atoms in total. The maximum absolute atomic E-state index is 8.00. The van der Waals surface area contributed by atoms with Crippen LogP contribution in [0.15, 0.2) is 21.4 Å². The first-order chi connectivity index (χ1) is 5.66. The van der Waals surface area contributed by atoms with Gasteiger partial charge in [0.2, 0.25) is 0 Å². The van der Waals surface area contributed by atoms with Gasteiger partial charge >= 0.3 is 103 Å². The molecule has 17 heavy (non-hydrogen) atoms. The summed E-state index contributed by atoms with van der Waals surface area (Å²) in [6.45, 7) is 0. The largest absolute Gasteiger partial charge is 1.00 e. The van der Waals surface area contributed by atoms with Crippen LogP contribution in [0.1, 0.15) is 0 Å². The molecule has 0 fully saturated rings. The van der Waals surface area contributed by atoms with E-state index in [2.05, 4.69) is 0 Å². The Kier molecular flexibility index (Phi) is 584. The van der Waals surface area contributed by atoms with Gasteiger partial charge in [-0.25, -0.2) is 0 Å². The van der Waals surface area contributed by atoms with Crippen molar-refractivity contribution in [2.45, 2.75) is 0 Å². The third-order valence-corrected chi connectivity index (χ3v) is 0. The molecule has 0 amide bonds. The molecule has 0 saturated heterocycles. The topological polar surface area (TPSA) is 273 Å². The first kappa shape index (κ1) is 62.8. The smallest absolute Gasteiger partial charge is 0.444 e. The molecule has 0 spiro atoms. The molecule has 0 aliphatic heterocycles. The van der Waals surface area contributed by atoms with Gasteiger partial charge in [0, 0.05) is 21.1 Å². The van der Waals surface area contributed by atoms with Crippen LogP contribution in [0.2, 0.25) is 0 Å². The minimum absolute atomic E-state index is 0. The quantitative estimate of drug-likeness (QED) is 0.177. The number of rotatable bonds is 0. The van der Waals surface area contributed by atoms with Crippen molar-refractivity contribution in [3.05, 3.63) is 40.5 Å². The van der Waals surface area contributed by atoms with Gasteiger partial charge in [-0.1, -0.05) is 0 Å². The first-order valence-corrected chi connectivity index (χ1v) is 1.46. The summed E-state index contributed by atoms with van der Waals surface area (Å²) < 4.78 is 0.